The van der Waals surface area contributed by atoms with Crippen molar-refractivity contribution in [1.29, 1.82) is 0 Å². The van der Waals surface area contributed by atoms with Crippen LogP contribution in [0.2, 0.25) is 0 Å². The van der Waals surface area contributed by atoms with Crippen LogP contribution in [-0.4, -0.2) is 68.5 Å². The zero-order valence-electron chi connectivity index (χ0n) is 13.9. The van der Waals surface area contributed by atoms with Crippen molar-refractivity contribution >= 4 is 11.9 Å². The summed E-state index contributed by atoms with van der Waals surface area (Å²) >= 11 is 0. The van der Waals surface area contributed by atoms with Crippen LogP contribution < -0.4 is 0 Å². The summed E-state index contributed by atoms with van der Waals surface area (Å²) in [4.78, 5) is 19.3. The molecule has 0 bridgehead atoms. The quantitative estimate of drug-likeness (QED) is 0.299. The highest BCUT2D eigenvalue weighted by atomic mass is 16.4. The van der Waals surface area contributed by atoms with Crippen LogP contribution in [0, 0.1) is 0 Å². The van der Waals surface area contributed by atoms with E-state index < -0.39 is 18.0 Å². The summed E-state index contributed by atoms with van der Waals surface area (Å²) in [5.41, 5.74) is 0. The maximum Gasteiger partial charge on any atom is 0.332 e. The van der Waals surface area contributed by atoms with E-state index in [2.05, 4.69) is 0 Å². The lowest BCUT2D eigenvalue weighted by Gasteiger charge is -1.93. The van der Waals surface area contributed by atoms with Crippen molar-refractivity contribution in [2.24, 2.45) is 0 Å². The predicted octanol–water partition coefficient (Wildman–Crippen LogP) is 0.607. The van der Waals surface area contributed by atoms with Gasteiger partial charge in [-0.3, -0.25) is 4.79 Å². The Kier molecular flexibility index (Phi) is 26.7. The summed E-state index contributed by atoms with van der Waals surface area (Å²) in [7, 11) is 0. The van der Waals surface area contributed by atoms with Crippen LogP contribution in [0.3, 0.4) is 0 Å². The van der Waals surface area contributed by atoms with Crippen molar-refractivity contribution in [3.8, 4) is 0 Å². The van der Waals surface area contributed by atoms with E-state index in [1.807, 2.05) is 0 Å². The van der Waals surface area contributed by atoms with Crippen molar-refractivity contribution in [1.82, 2.24) is 0 Å². The number of aliphatic carboxylic acids is 2. The summed E-state index contributed by atoms with van der Waals surface area (Å²) in [5, 5.41) is 48.8. The van der Waals surface area contributed by atoms with E-state index >= 15 is 0 Å². The molecule has 6 N–H and O–H groups in total. The molecule has 0 aliphatic heterocycles. The van der Waals surface area contributed by atoms with Crippen LogP contribution in [0.15, 0.2) is 0 Å². The number of aliphatic hydroxyl groups excluding tert-OH is 4. The predicted molar refractivity (Wildman–Crippen MR) is 85.1 cm³/mol. The lowest BCUT2D eigenvalue weighted by molar-refractivity contribution is -0.145. The topological polar surface area (TPSA) is 156 Å². The maximum absolute atomic E-state index is 9.90. The largest absolute Gasteiger partial charge is 0.481 e. The number of carbonyl (C=O) groups is 2. The van der Waals surface area contributed by atoms with E-state index in [-0.39, 0.29) is 26.2 Å². The fraction of sp³-hybridized carbons (Fsp3) is 0.867. The Morgan fingerprint density at radius 3 is 1.26 bits per heavy atom. The first kappa shape index (κ1) is 26.7. The zero-order valence-corrected chi connectivity index (χ0v) is 13.9. The second-order valence-corrected chi connectivity index (χ2v) is 4.80. The molecule has 0 aliphatic carbocycles. The van der Waals surface area contributed by atoms with E-state index in [0.29, 0.717) is 12.8 Å². The first-order chi connectivity index (χ1) is 10.8. The summed E-state index contributed by atoms with van der Waals surface area (Å²) in [5.74, 6) is -1.94. The molecule has 0 heterocycles. The van der Waals surface area contributed by atoms with E-state index in [0.717, 1.165) is 32.1 Å². The molecular formula is C15H32O8. The van der Waals surface area contributed by atoms with E-state index in [9.17, 15) is 9.59 Å². The number of unbranched alkanes of at least 4 members (excludes halogenated alkanes) is 5. The third-order valence-electron chi connectivity index (χ3n) is 2.47. The lowest BCUT2D eigenvalue weighted by Crippen LogP contribution is -2.13. The van der Waals surface area contributed by atoms with Gasteiger partial charge in [-0.25, -0.2) is 4.79 Å². The molecule has 0 fully saturated rings. The molecule has 0 radical (unpaired) electrons. The zero-order chi connectivity index (χ0) is 18.5. The number of hydrogen-bond acceptors (Lipinski definition) is 6. The minimum absolute atomic E-state index is 0.166. The highest BCUT2D eigenvalue weighted by Crippen LogP contribution is 1.98. The second kappa shape index (κ2) is 23.1. The van der Waals surface area contributed by atoms with Crippen LogP contribution in [0.4, 0.5) is 0 Å². The molecule has 0 aromatic carbocycles. The number of hydrogen-bond donors (Lipinski definition) is 6. The Morgan fingerprint density at radius 2 is 1.04 bits per heavy atom. The Balaban J connectivity index is -0.000000266. The van der Waals surface area contributed by atoms with Gasteiger partial charge in [0.2, 0.25) is 0 Å². The van der Waals surface area contributed by atoms with Crippen molar-refractivity contribution < 1.29 is 40.2 Å². The van der Waals surface area contributed by atoms with Gasteiger partial charge in [0.25, 0.3) is 0 Å². The number of rotatable bonds is 11. The average molecular weight is 340 g/mol. The van der Waals surface area contributed by atoms with Gasteiger partial charge < -0.3 is 30.6 Å². The molecule has 0 amide bonds. The first-order valence-electron chi connectivity index (χ1n) is 7.78. The third-order valence-corrected chi connectivity index (χ3v) is 2.47. The van der Waals surface area contributed by atoms with E-state index in [4.69, 9.17) is 30.6 Å². The van der Waals surface area contributed by atoms with Gasteiger partial charge in [0.15, 0.2) is 0 Å². The normalized spacial score (nSPS) is 10.7. The van der Waals surface area contributed by atoms with Crippen LogP contribution in [0.25, 0.3) is 0 Å². The minimum Gasteiger partial charge on any atom is -0.481 e. The second-order valence-electron chi connectivity index (χ2n) is 4.80. The average Bonchev–Trinajstić information content (AvgIpc) is 2.49. The fourth-order valence-corrected chi connectivity index (χ4v) is 1.14. The molecule has 0 aliphatic rings. The van der Waals surface area contributed by atoms with Gasteiger partial charge in [-0.15, -0.1) is 0 Å². The van der Waals surface area contributed by atoms with Crippen molar-refractivity contribution in [3.63, 3.8) is 0 Å². The summed E-state index contributed by atoms with van der Waals surface area (Å²) in [6.07, 6.45) is 5.02. The molecule has 1 unspecified atom stereocenters. The molecule has 0 saturated carbocycles. The minimum atomic E-state index is -1.23. The fourth-order valence-electron chi connectivity index (χ4n) is 1.14. The molecule has 0 aromatic heterocycles. The van der Waals surface area contributed by atoms with Gasteiger partial charge >= 0.3 is 11.9 Å². The van der Waals surface area contributed by atoms with Crippen LogP contribution in [0.5, 0.6) is 0 Å². The van der Waals surface area contributed by atoms with E-state index in [1.165, 1.54) is 6.92 Å². The maximum atomic E-state index is 9.90. The highest BCUT2D eigenvalue weighted by molar-refractivity contribution is 5.71. The van der Waals surface area contributed by atoms with Gasteiger partial charge in [-0.2, -0.15) is 0 Å². The first-order valence-corrected chi connectivity index (χ1v) is 7.78. The van der Waals surface area contributed by atoms with E-state index in [1.54, 1.807) is 0 Å². The van der Waals surface area contributed by atoms with Crippen molar-refractivity contribution in [3.05, 3.63) is 0 Å². The molecular weight excluding hydrogens is 308 g/mol. The van der Waals surface area contributed by atoms with Gasteiger partial charge in [0.1, 0.15) is 6.10 Å². The molecule has 0 saturated heterocycles. The Morgan fingerprint density at radius 1 is 0.739 bits per heavy atom. The molecule has 140 valence electrons. The van der Waals surface area contributed by atoms with Crippen LogP contribution in [-0.2, 0) is 9.59 Å². The number of carboxylic acids is 2. The van der Waals surface area contributed by atoms with Crippen LogP contribution in [0.1, 0.15) is 58.3 Å². The highest BCUT2D eigenvalue weighted by Gasteiger charge is 2.01. The van der Waals surface area contributed by atoms with Gasteiger partial charge in [-0.1, -0.05) is 19.3 Å². The van der Waals surface area contributed by atoms with Crippen molar-refractivity contribution in [2.45, 2.75) is 64.4 Å². The van der Waals surface area contributed by atoms with Gasteiger partial charge in [0, 0.05) is 26.2 Å². The molecule has 8 nitrogen and oxygen atoms in total. The molecule has 0 spiro atoms. The lowest BCUT2D eigenvalue weighted by atomic mass is 10.2. The SMILES string of the molecule is CC(O)C(=O)O.O=C(O)CCCCCO.OCCCCCCO. The summed E-state index contributed by atoms with van der Waals surface area (Å²) < 4.78 is 0. The Hall–Kier alpha value is -1.22. The van der Waals surface area contributed by atoms with Crippen LogP contribution >= 0.6 is 0 Å². The van der Waals surface area contributed by atoms with Gasteiger partial charge in [0.05, 0.1) is 0 Å². The molecule has 23 heavy (non-hydrogen) atoms. The monoisotopic (exact) mass is 340 g/mol. The Labute approximate surface area is 137 Å². The van der Waals surface area contributed by atoms with Crippen molar-refractivity contribution in [2.75, 3.05) is 19.8 Å². The molecule has 8 heteroatoms. The standard InChI is InChI=1S/C6H12O3.C6H14O2.C3H6O3/c7-5-3-1-2-4-6(8)9;7-5-3-1-2-4-6-8;1-2(4)3(5)6/h7H,1-5H2,(H,8,9);7-8H,1-6H2;2,4H,1H3,(H,5,6). The molecule has 0 aromatic rings. The Bertz CT molecular complexity index is 250. The summed E-state index contributed by atoms with van der Waals surface area (Å²) in [6.45, 7) is 1.93. The molecule has 1 atom stereocenters. The molecule has 0 rings (SSSR count). The number of carboxylic acid groups (broad SMARTS) is 2. The van der Waals surface area contributed by atoms with Gasteiger partial charge in [-0.05, 0) is 32.6 Å². The smallest absolute Gasteiger partial charge is 0.332 e. The number of aliphatic hydroxyl groups is 4. The summed E-state index contributed by atoms with van der Waals surface area (Å²) in [6, 6.07) is 0. The third kappa shape index (κ3) is 38.6.